The minimum Gasteiger partial charge on any atom is -0.280 e. The molecule has 0 aromatic rings. The van der Waals surface area contributed by atoms with Gasteiger partial charge in [0, 0.05) is 5.70 Å². The van der Waals surface area contributed by atoms with Crippen LogP contribution in [-0.2, 0) is 4.84 Å². The lowest BCUT2D eigenvalue weighted by Crippen LogP contribution is -2.32. The predicted molar refractivity (Wildman–Crippen MR) is 59.0 cm³/mol. The van der Waals surface area contributed by atoms with Gasteiger partial charge in [-0.1, -0.05) is 25.7 Å². The van der Waals surface area contributed by atoms with E-state index in [1.54, 1.807) is 0 Å². The van der Waals surface area contributed by atoms with Gasteiger partial charge in [-0.2, -0.15) is 0 Å². The van der Waals surface area contributed by atoms with Gasteiger partial charge in [0.25, 0.3) is 0 Å². The molecule has 1 aliphatic carbocycles. The zero-order valence-electron chi connectivity index (χ0n) is 9.02. The van der Waals surface area contributed by atoms with E-state index in [0.29, 0.717) is 0 Å². The van der Waals surface area contributed by atoms with Crippen molar-refractivity contribution >= 4 is 8.07 Å². The van der Waals surface area contributed by atoms with E-state index in [4.69, 9.17) is 4.84 Å². The average molecular weight is 199 g/mol. The van der Waals surface area contributed by atoms with E-state index in [1.807, 2.05) is 0 Å². The lowest BCUT2D eigenvalue weighted by atomic mass is 10.1. The molecular formula is C10H21NOSi. The summed E-state index contributed by atoms with van der Waals surface area (Å²) < 4.78 is 0. The summed E-state index contributed by atoms with van der Waals surface area (Å²) in [6, 6.07) is 0. The van der Waals surface area contributed by atoms with Crippen LogP contribution in [0.25, 0.3) is 0 Å². The highest BCUT2D eigenvalue weighted by atomic mass is 28.3. The molecule has 0 radical (unpaired) electrons. The second-order valence-electron chi connectivity index (χ2n) is 4.93. The van der Waals surface area contributed by atoms with Crippen molar-refractivity contribution in [3.8, 4) is 0 Å². The number of rotatable bonds is 4. The second-order valence-corrected chi connectivity index (χ2v) is 10.3. The first-order valence-electron chi connectivity index (χ1n) is 5.15. The first kappa shape index (κ1) is 10.8. The summed E-state index contributed by atoms with van der Waals surface area (Å²) in [4.78, 5) is 5.48. The summed E-state index contributed by atoms with van der Waals surface area (Å²) in [5.41, 5.74) is 4.36. The van der Waals surface area contributed by atoms with E-state index in [2.05, 4.69) is 31.2 Å². The van der Waals surface area contributed by atoms with Crippen LogP contribution < -0.4 is 5.48 Å². The molecule has 0 aliphatic heterocycles. The van der Waals surface area contributed by atoms with Crippen molar-refractivity contribution in [2.24, 2.45) is 0 Å². The third-order valence-electron chi connectivity index (χ3n) is 2.00. The molecule has 0 saturated heterocycles. The van der Waals surface area contributed by atoms with Gasteiger partial charge in [0.05, 0.1) is 14.3 Å². The maximum absolute atomic E-state index is 5.48. The van der Waals surface area contributed by atoms with E-state index in [1.165, 1.54) is 25.0 Å². The number of allylic oxidation sites excluding steroid dienone is 2. The Hall–Kier alpha value is -0.283. The van der Waals surface area contributed by atoms with Gasteiger partial charge in [-0.3, -0.25) is 10.3 Å². The Kier molecular flexibility index (Phi) is 4.00. The summed E-state index contributed by atoms with van der Waals surface area (Å²) in [5, 5.41) is 0. The molecule has 0 atom stereocenters. The molecule has 0 heterocycles. The monoisotopic (exact) mass is 199 g/mol. The number of hydroxylamine groups is 1. The first-order chi connectivity index (χ1) is 6.08. The van der Waals surface area contributed by atoms with E-state index < -0.39 is 8.07 Å². The second kappa shape index (κ2) is 4.82. The van der Waals surface area contributed by atoms with Crippen molar-refractivity contribution in [3.63, 3.8) is 0 Å². The SMILES string of the molecule is C[Si](C)(C)CONC1=CCCCC1. The molecule has 0 bridgehead atoms. The van der Waals surface area contributed by atoms with Crippen molar-refractivity contribution < 1.29 is 4.84 Å². The molecule has 0 aromatic heterocycles. The van der Waals surface area contributed by atoms with Crippen LogP contribution in [0.3, 0.4) is 0 Å². The Labute approximate surface area is 82.3 Å². The van der Waals surface area contributed by atoms with Crippen molar-refractivity contribution in [1.82, 2.24) is 5.48 Å². The lowest BCUT2D eigenvalue weighted by Gasteiger charge is -2.19. The molecule has 2 nitrogen and oxygen atoms in total. The van der Waals surface area contributed by atoms with Gasteiger partial charge < -0.3 is 0 Å². The van der Waals surface area contributed by atoms with Crippen LogP contribution in [0.15, 0.2) is 11.8 Å². The Bertz CT molecular complexity index is 184. The van der Waals surface area contributed by atoms with Gasteiger partial charge >= 0.3 is 0 Å². The molecule has 3 heteroatoms. The molecule has 0 unspecified atom stereocenters. The first-order valence-corrected chi connectivity index (χ1v) is 8.85. The topological polar surface area (TPSA) is 21.3 Å². The number of hydrogen-bond acceptors (Lipinski definition) is 2. The van der Waals surface area contributed by atoms with Crippen LogP contribution in [0.5, 0.6) is 0 Å². The largest absolute Gasteiger partial charge is 0.280 e. The third kappa shape index (κ3) is 5.11. The van der Waals surface area contributed by atoms with Crippen molar-refractivity contribution in [1.29, 1.82) is 0 Å². The summed E-state index contributed by atoms with van der Waals surface area (Å²) in [5.74, 6) is 0. The quantitative estimate of drug-likeness (QED) is 0.555. The molecule has 13 heavy (non-hydrogen) atoms. The fourth-order valence-corrected chi connectivity index (χ4v) is 1.78. The highest BCUT2D eigenvalue weighted by molar-refractivity contribution is 6.76. The van der Waals surface area contributed by atoms with Gasteiger partial charge in [-0.15, -0.1) is 0 Å². The molecule has 76 valence electrons. The standard InChI is InChI=1S/C10H21NOSi/c1-13(2,3)9-12-11-10-7-5-4-6-8-10/h7,11H,4-6,8-9H2,1-3H3. The molecule has 0 saturated carbocycles. The number of nitrogens with one attached hydrogen (secondary N) is 1. The van der Waals surface area contributed by atoms with E-state index in [0.717, 1.165) is 12.7 Å². The van der Waals surface area contributed by atoms with Gasteiger partial charge in [-0.25, -0.2) is 0 Å². The Morgan fingerprint density at radius 1 is 1.38 bits per heavy atom. The molecule has 1 N–H and O–H groups in total. The van der Waals surface area contributed by atoms with Crippen molar-refractivity contribution in [2.45, 2.75) is 45.3 Å². The van der Waals surface area contributed by atoms with Gasteiger partial charge in [0.2, 0.25) is 0 Å². The highest BCUT2D eigenvalue weighted by Crippen LogP contribution is 2.14. The lowest BCUT2D eigenvalue weighted by molar-refractivity contribution is 0.0912. The minimum absolute atomic E-state index is 0.893. The minimum atomic E-state index is -1.05. The maximum Gasteiger partial charge on any atom is 0.0780 e. The van der Waals surface area contributed by atoms with E-state index in [9.17, 15) is 0 Å². The highest BCUT2D eigenvalue weighted by Gasteiger charge is 2.13. The normalized spacial score (nSPS) is 18.2. The smallest absolute Gasteiger partial charge is 0.0780 e. The van der Waals surface area contributed by atoms with Gasteiger partial charge in [-0.05, 0) is 25.7 Å². The van der Waals surface area contributed by atoms with Crippen molar-refractivity contribution in [2.75, 3.05) is 6.23 Å². The molecule has 0 amide bonds. The van der Waals surface area contributed by atoms with Crippen LogP contribution >= 0.6 is 0 Å². The zero-order valence-corrected chi connectivity index (χ0v) is 10.0. The molecule has 0 fully saturated rings. The molecule has 1 aliphatic rings. The molecular weight excluding hydrogens is 178 g/mol. The predicted octanol–water partition coefficient (Wildman–Crippen LogP) is 2.84. The molecule has 0 aromatic carbocycles. The third-order valence-corrected chi connectivity index (χ3v) is 3.01. The molecule has 0 spiro atoms. The van der Waals surface area contributed by atoms with E-state index >= 15 is 0 Å². The summed E-state index contributed by atoms with van der Waals surface area (Å²) >= 11 is 0. The summed E-state index contributed by atoms with van der Waals surface area (Å²) in [6.45, 7) is 6.93. The Morgan fingerprint density at radius 2 is 2.15 bits per heavy atom. The van der Waals surface area contributed by atoms with Crippen LogP contribution in [0.4, 0.5) is 0 Å². The average Bonchev–Trinajstić information content (AvgIpc) is 2.04. The zero-order chi connectivity index (χ0) is 9.73. The van der Waals surface area contributed by atoms with E-state index in [-0.39, 0.29) is 0 Å². The Morgan fingerprint density at radius 3 is 2.69 bits per heavy atom. The molecule has 1 rings (SSSR count). The fraction of sp³-hybridized carbons (Fsp3) is 0.800. The fourth-order valence-electron chi connectivity index (χ4n) is 1.28. The van der Waals surface area contributed by atoms with Gasteiger partial charge in [0.1, 0.15) is 0 Å². The van der Waals surface area contributed by atoms with Gasteiger partial charge in [0.15, 0.2) is 0 Å². The Balaban J connectivity index is 2.15. The summed E-state index contributed by atoms with van der Waals surface area (Å²) in [7, 11) is -1.05. The van der Waals surface area contributed by atoms with Crippen LogP contribution in [0, 0.1) is 0 Å². The van der Waals surface area contributed by atoms with Crippen LogP contribution in [0.1, 0.15) is 25.7 Å². The van der Waals surface area contributed by atoms with Crippen molar-refractivity contribution in [3.05, 3.63) is 11.8 Å². The maximum atomic E-state index is 5.48. The van der Waals surface area contributed by atoms with Crippen LogP contribution in [-0.4, -0.2) is 14.3 Å². The summed E-state index contributed by atoms with van der Waals surface area (Å²) in [6.07, 6.45) is 8.15. The van der Waals surface area contributed by atoms with Crippen LogP contribution in [0.2, 0.25) is 19.6 Å². The number of hydrogen-bond donors (Lipinski definition) is 1.